The number of carbonyl (C=O) groups excluding carboxylic acids is 2. The maximum Gasteiger partial charge on any atom is 0.408 e. The first-order valence-corrected chi connectivity index (χ1v) is 16.7. The van der Waals surface area contributed by atoms with E-state index in [-0.39, 0.29) is 5.91 Å². The third-order valence-electron chi connectivity index (χ3n) is 8.35. The van der Waals surface area contributed by atoms with Crippen molar-refractivity contribution >= 4 is 29.3 Å². The number of hydrogen-bond donors (Lipinski definition) is 4. The lowest BCUT2D eigenvalue weighted by molar-refractivity contribution is -0.128. The molecule has 0 saturated carbocycles. The van der Waals surface area contributed by atoms with E-state index in [9.17, 15) is 19.5 Å². The maximum absolute atomic E-state index is 12.8. The van der Waals surface area contributed by atoms with Crippen LogP contribution >= 0.6 is 0 Å². The Kier molecular flexibility index (Phi) is 12.7. The summed E-state index contributed by atoms with van der Waals surface area (Å²) in [7, 11) is 0. The molecule has 0 spiro atoms. The smallest absolute Gasteiger partial charge is 0.408 e. The number of amides is 3. The predicted octanol–water partition coefficient (Wildman–Crippen LogP) is 9.36. The second-order valence-corrected chi connectivity index (χ2v) is 14.6. The zero-order chi connectivity index (χ0) is 38.3. The molecular weight excluding hydrogens is 644 g/mol. The van der Waals surface area contributed by atoms with Gasteiger partial charge in [0.25, 0.3) is 0 Å². The molecule has 0 heterocycles. The summed E-state index contributed by atoms with van der Waals surface area (Å²) < 4.78 is 11.8. The van der Waals surface area contributed by atoms with Crippen LogP contribution in [0, 0.1) is 27.7 Å². The Morgan fingerprint density at radius 3 is 1.31 bits per heavy atom. The second-order valence-electron chi connectivity index (χ2n) is 14.6. The summed E-state index contributed by atoms with van der Waals surface area (Å²) in [6.45, 7) is 19.9. The Hall–Kier alpha value is -5.35. The molecule has 0 fully saturated rings. The van der Waals surface area contributed by atoms with Gasteiger partial charge < -0.3 is 30.9 Å². The fourth-order valence-corrected chi connectivity index (χ4v) is 5.18. The van der Waals surface area contributed by atoms with Crippen LogP contribution in [0.2, 0.25) is 0 Å². The summed E-state index contributed by atoms with van der Waals surface area (Å²) in [6, 6.07) is 26.1. The number of rotatable bonds is 9. The van der Waals surface area contributed by atoms with Gasteiger partial charge in [0.15, 0.2) is 0 Å². The first-order valence-electron chi connectivity index (χ1n) is 16.7. The van der Waals surface area contributed by atoms with Crippen molar-refractivity contribution in [3.05, 3.63) is 107 Å². The van der Waals surface area contributed by atoms with E-state index in [1.165, 1.54) is 5.56 Å². The van der Waals surface area contributed by atoms with Crippen molar-refractivity contribution in [3.8, 4) is 23.0 Å². The van der Waals surface area contributed by atoms with Crippen molar-refractivity contribution in [3.63, 3.8) is 0 Å². The Morgan fingerprint density at radius 1 is 0.608 bits per heavy atom. The minimum Gasteiger partial charge on any atom is -0.465 e. The quantitative estimate of drug-likeness (QED) is 0.137. The molecule has 10 nitrogen and oxygen atoms in total. The molecule has 51 heavy (non-hydrogen) atoms. The molecule has 0 atom stereocenters. The number of ether oxygens (including phenoxy) is 2. The summed E-state index contributed by atoms with van der Waals surface area (Å²) >= 11 is 0. The molecule has 0 unspecified atom stereocenters. The number of nitrogens with one attached hydrogen (secondary N) is 2. The third-order valence-corrected chi connectivity index (χ3v) is 8.35. The number of anilines is 2. The van der Waals surface area contributed by atoms with Gasteiger partial charge in [-0.25, -0.2) is 4.79 Å². The van der Waals surface area contributed by atoms with Crippen LogP contribution in [0.25, 0.3) is 0 Å². The van der Waals surface area contributed by atoms with E-state index in [1.807, 2.05) is 63.2 Å². The molecule has 4 aromatic carbocycles. The van der Waals surface area contributed by atoms with Gasteiger partial charge in [0.2, 0.25) is 11.8 Å². The Bertz CT molecular complexity index is 1840. The lowest BCUT2D eigenvalue weighted by Crippen LogP contribution is -2.61. The van der Waals surface area contributed by atoms with E-state index >= 15 is 0 Å². The summed E-state index contributed by atoms with van der Waals surface area (Å²) in [5.41, 5.74) is 8.65. The summed E-state index contributed by atoms with van der Waals surface area (Å²) in [5, 5.41) is 15.2. The molecule has 10 heteroatoms. The number of hydrogen-bond acceptors (Lipinski definition) is 6. The second kappa shape index (κ2) is 16.1. The number of nitrogens with zero attached hydrogens (tertiary/aromatic N) is 1. The first-order chi connectivity index (χ1) is 23.6. The van der Waals surface area contributed by atoms with E-state index in [1.54, 1.807) is 84.9 Å². The number of benzene rings is 4. The average molecular weight is 697 g/mol. The van der Waals surface area contributed by atoms with Gasteiger partial charge in [-0.15, -0.1) is 0 Å². The van der Waals surface area contributed by atoms with Gasteiger partial charge in [0, 0.05) is 16.9 Å². The molecular formula is C41H52N4O6. The molecule has 0 saturated heterocycles. The topological polar surface area (TPSA) is 143 Å². The maximum atomic E-state index is 12.8. The molecule has 0 aliphatic rings. The normalized spacial score (nSPS) is 11.5. The van der Waals surface area contributed by atoms with E-state index in [2.05, 4.69) is 23.6 Å². The van der Waals surface area contributed by atoms with Gasteiger partial charge in [-0.2, -0.15) is 0 Å². The number of aryl methyl sites for hydroxylation is 2. The highest BCUT2D eigenvalue weighted by molar-refractivity contribution is 5.99. The molecule has 0 bridgehead atoms. The molecule has 0 aliphatic carbocycles. The predicted molar refractivity (Wildman–Crippen MR) is 204 cm³/mol. The fraction of sp³-hybridized carbons (Fsp3) is 0.341. The lowest BCUT2D eigenvalue weighted by Gasteiger charge is -2.43. The zero-order valence-corrected chi connectivity index (χ0v) is 31.6. The van der Waals surface area contributed by atoms with Crippen molar-refractivity contribution in [2.45, 2.75) is 92.8 Å². The SMILES string of the molecule is Cc1cccc(Oc2ccc(NC(=O)C(C)(C)N(C(=O)O)C(C)(C)C)cc2)c1C.Cc1cccc(Oc2ccc(NC(=O)C(C)(C)N)cc2)c1C. The Balaban J connectivity index is 0.000000286. The van der Waals surface area contributed by atoms with Crippen molar-refractivity contribution in [1.82, 2.24) is 4.90 Å². The summed E-state index contributed by atoms with van der Waals surface area (Å²) in [4.78, 5) is 37.6. The highest BCUT2D eigenvalue weighted by Gasteiger charge is 2.44. The van der Waals surface area contributed by atoms with Crippen LogP contribution < -0.4 is 25.8 Å². The average Bonchev–Trinajstić information content (AvgIpc) is 3.02. The van der Waals surface area contributed by atoms with Gasteiger partial charge in [0.1, 0.15) is 28.5 Å². The molecule has 0 aliphatic heterocycles. The van der Waals surface area contributed by atoms with Gasteiger partial charge in [-0.05, 0) is 159 Å². The number of carbonyl (C=O) groups is 3. The number of carboxylic acid groups (broad SMARTS) is 1. The molecule has 0 radical (unpaired) electrons. The lowest BCUT2D eigenvalue weighted by atomic mass is 9.94. The van der Waals surface area contributed by atoms with Gasteiger partial charge in [0.05, 0.1) is 5.54 Å². The highest BCUT2D eigenvalue weighted by atomic mass is 16.5. The van der Waals surface area contributed by atoms with Crippen LogP contribution in [0.4, 0.5) is 16.2 Å². The van der Waals surface area contributed by atoms with Gasteiger partial charge >= 0.3 is 6.09 Å². The zero-order valence-electron chi connectivity index (χ0n) is 31.6. The largest absolute Gasteiger partial charge is 0.465 e. The standard InChI is InChI=1S/C23H30N2O4.C18H22N2O2/c1-15-9-8-10-19(16(15)2)29-18-13-11-17(12-14-18)24-20(26)23(6,7)25(21(27)28)22(3,4)5;1-12-6-5-7-16(13(12)2)22-15-10-8-14(9-11-15)20-17(21)18(3,4)19/h8-14H,1-7H3,(H,24,26)(H,27,28);5-11H,19H2,1-4H3,(H,20,21). The van der Waals surface area contributed by atoms with Crippen molar-refractivity contribution in [2.24, 2.45) is 5.73 Å². The van der Waals surface area contributed by atoms with Gasteiger partial charge in [-0.1, -0.05) is 24.3 Å². The van der Waals surface area contributed by atoms with Crippen molar-refractivity contribution in [2.75, 3.05) is 10.6 Å². The van der Waals surface area contributed by atoms with Crippen LogP contribution in [0.15, 0.2) is 84.9 Å². The summed E-state index contributed by atoms with van der Waals surface area (Å²) in [5.74, 6) is 2.36. The monoisotopic (exact) mass is 696 g/mol. The van der Waals surface area contributed by atoms with Crippen molar-refractivity contribution in [1.29, 1.82) is 0 Å². The van der Waals surface area contributed by atoms with Crippen LogP contribution in [-0.4, -0.2) is 44.5 Å². The Morgan fingerprint density at radius 2 is 0.980 bits per heavy atom. The third kappa shape index (κ3) is 10.8. The molecule has 272 valence electrons. The fourth-order valence-electron chi connectivity index (χ4n) is 5.18. The van der Waals surface area contributed by atoms with E-state index < -0.39 is 28.6 Å². The molecule has 4 rings (SSSR count). The molecule has 3 amide bonds. The van der Waals surface area contributed by atoms with Crippen molar-refractivity contribution < 1.29 is 29.0 Å². The van der Waals surface area contributed by atoms with Gasteiger partial charge in [-0.3, -0.25) is 14.5 Å². The van der Waals surface area contributed by atoms with Crippen LogP contribution in [0.5, 0.6) is 23.0 Å². The minimum atomic E-state index is -1.25. The highest BCUT2D eigenvalue weighted by Crippen LogP contribution is 2.30. The van der Waals surface area contributed by atoms with E-state index in [0.29, 0.717) is 17.1 Å². The molecule has 5 N–H and O–H groups in total. The number of nitrogens with two attached hydrogens (primary N) is 1. The van der Waals surface area contributed by atoms with Crippen LogP contribution in [0.3, 0.4) is 0 Å². The van der Waals surface area contributed by atoms with Crippen LogP contribution in [0.1, 0.15) is 70.7 Å². The first kappa shape index (κ1) is 40.1. The Labute approximate surface area is 302 Å². The molecule has 0 aromatic heterocycles. The molecule has 4 aromatic rings. The summed E-state index contributed by atoms with van der Waals surface area (Å²) in [6.07, 6.45) is -1.14. The van der Waals surface area contributed by atoms with Crippen LogP contribution in [-0.2, 0) is 9.59 Å². The van der Waals surface area contributed by atoms with E-state index in [4.69, 9.17) is 15.2 Å². The minimum absolute atomic E-state index is 0.226. The van der Waals surface area contributed by atoms with E-state index in [0.717, 1.165) is 38.8 Å².